The van der Waals surface area contributed by atoms with Crippen molar-refractivity contribution in [2.45, 2.75) is 19.4 Å². The predicted molar refractivity (Wildman–Crippen MR) is 76.1 cm³/mol. The summed E-state index contributed by atoms with van der Waals surface area (Å²) in [4.78, 5) is 11.8. The average molecular weight is 274 g/mol. The normalized spacial score (nSPS) is 11.8. The van der Waals surface area contributed by atoms with Crippen molar-refractivity contribution in [2.24, 2.45) is 0 Å². The highest BCUT2D eigenvalue weighted by molar-refractivity contribution is 5.76. The van der Waals surface area contributed by atoms with Crippen LogP contribution < -0.4 is 15.8 Å². The maximum absolute atomic E-state index is 11.8. The molecule has 0 spiro atoms. The molecule has 0 aliphatic carbocycles. The Bertz CT molecular complexity index is 554. The SMILES string of the molecule is CC(NC(=O)CCOc1cccc(N)c1)c1cn[nH]c1. The number of aromatic amines is 1. The second-order valence-corrected chi connectivity index (χ2v) is 4.49. The molecule has 20 heavy (non-hydrogen) atoms. The molecule has 1 atom stereocenters. The number of nitrogen functional groups attached to an aromatic ring is 1. The van der Waals surface area contributed by atoms with E-state index in [0.29, 0.717) is 18.0 Å². The molecule has 1 heterocycles. The standard InChI is InChI=1S/C14H18N4O2/c1-10(11-8-16-17-9-11)18-14(19)5-6-20-13-4-2-3-12(15)7-13/h2-4,7-10H,5-6,15H2,1H3,(H,16,17)(H,18,19). The first kappa shape index (κ1) is 13.9. The number of carbonyl (C=O) groups excluding carboxylic acids is 1. The number of anilines is 1. The molecular formula is C14H18N4O2. The summed E-state index contributed by atoms with van der Waals surface area (Å²) in [5.74, 6) is 0.600. The van der Waals surface area contributed by atoms with Gasteiger partial charge < -0.3 is 15.8 Å². The maximum atomic E-state index is 11.8. The van der Waals surface area contributed by atoms with Crippen LogP contribution in [0.2, 0.25) is 0 Å². The van der Waals surface area contributed by atoms with Crippen LogP contribution >= 0.6 is 0 Å². The van der Waals surface area contributed by atoms with Crippen molar-refractivity contribution >= 4 is 11.6 Å². The molecule has 1 unspecified atom stereocenters. The molecule has 106 valence electrons. The van der Waals surface area contributed by atoms with E-state index < -0.39 is 0 Å². The highest BCUT2D eigenvalue weighted by atomic mass is 16.5. The van der Waals surface area contributed by atoms with Gasteiger partial charge in [-0.25, -0.2) is 0 Å². The summed E-state index contributed by atoms with van der Waals surface area (Å²) in [7, 11) is 0. The van der Waals surface area contributed by atoms with Crippen molar-refractivity contribution in [3.05, 3.63) is 42.2 Å². The zero-order valence-electron chi connectivity index (χ0n) is 11.3. The van der Waals surface area contributed by atoms with E-state index in [1.807, 2.05) is 19.1 Å². The number of nitrogens with two attached hydrogens (primary N) is 1. The number of benzene rings is 1. The van der Waals surface area contributed by atoms with Crippen LogP contribution in [-0.2, 0) is 4.79 Å². The van der Waals surface area contributed by atoms with E-state index in [9.17, 15) is 4.79 Å². The lowest BCUT2D eigenvalue weighted by Gasteiger charge is -2.12. The van der Waals surface area contributed by atoms with Crippen LogP contribution in [0.5, 0.6) is 5.75 Å². The number of carbonyl (C=O) groups is 1. The average Bonchev–Trinajstić information content (AvgIpc) is 2.92. The number of nitrogens with one attached hydrogen (secondary N) is 2. The number of rotatable bonds is 6. The van der Waals surface area contributed by atoms with Crippen LogP contribution in [-0.4, -0.2) is 22.7 Å². The van der Waals surface area contributed by atoms with Gasteiger partial charge in [0.15, 0.2) is 0 Å². The minimum absolute atomic E-state index is 0.0670. The molecule has 4 N–H and O–H groups in total. The molecule has 2 rings (SSSR count). The van der Waals surface area contributed by atoms with Crippen molar-refractivity contribution in [3.8, 4) is 5.75 Å². The Morgan fingerprint density at radius 3 is 3.10 bits per heavy atom. The smallest absolute Gasteiger partial charge is 0.223 e. The Morgan fingerprint density at radius 2 is 2.40 bits per heavy atom. The summed E-state index contributed by atoms with van der Waals surface area (Å²) < 4.78 is 5.47. The van der Waals surface area contributed by atoms with Crippen molar-refractivity contribution in [2.75, 3.05) is 12.3 Å². The van der Waals surface area contributed by atoms with Crippen molar-refractivity contribution in [3.63, 3.8) is 0 Å². The fourth-order valence-electron chi connectivity index (χ4n) is 1.76. The Balaban J connectivity index is 1.73. The highest BCUT2D eigenvalue weighted by Crippen LogP contribution is 2.14. The summed E-state index contributed by atoms with van der Waals surface area (Å²) in [5, 5.41) is 9.44. The summed E-state index contributed by atoms with van der Waals surface area (Å²) >= 11 is 0. The molecule has 0 saturated carbocycles. The van der Waals surface area contributed by atoms with Gasteiger partial charge in [0.1, 0.15) is 5.75 Å². The zero-order valence-corrected chi connectivity index (χ0v) is 11.3. The van der Waals surface area contributed by atoms with Gasteiger partial charge >= 0.3 is 0 Å². The van der Waals surface area contributed by atoms with Crippen LogP contribution in [0.25, 0.3) is 0 Å². The van der Waals surface area contributed by atoms with E-state index in [-0.39, 0.29) is 18.4 Å². The predicted octanol–water partition coefficient (Wildman–Crippen LogP) is 1.64. The molecule has 1 aromatic heterocycles. The molecule has 6 heteroatoms. The fourth-order valence-corrected chi connectivity index (χ4v) is 1.76. The monoisotopic (exact) mass is 274 g/mol. The quantitative estimate of drug-likeness (QED) is 0.698. The lowest BCUT2D eigenvalue weighted by molar-refractivity contribution is -0.122. The van der Waals surface area contributed by atoms with E-state index in [1.54, 1.807) is 24.5 Å². The molecule has 0 aliphatic heterocycles. The molecule has 0 bridgehead atoms. The molecule has 0 saturated heterocycles. The lowest BCUT2D eigenvalue weighted by atomic mass is 10.2. The van der Waals surface area contributed by atoms with Gasteiger partial charge in [0.05, 0.1) is 25.3 Å². The Hall–Kier alpha value is -2.50. The molecular weight excluding hydrogens is 256 g/mol. The molecule has 0 radical (unpaired) electrons. The second-order valence-electron chi connectivity index (χ2n) is 4.49. The van der Waals surface area contributed by atoms with Gasteiger partial charge in [-0.3, -0.25) is 9.89 Å². The number of amides is 1. The van der Waals surface area contributed by atoms with Crippen LogP contribution in [0.3, 0.4) is 0 Å². The molecule has 6 nitrogen and oxygen atoms in total. The van der Waals surface area contributed by atoms with Gasteiger partial charge in [-0.2, -0.15) is 5.10 Å². The number of nitrogens with zero attached hydrogens (tertiary/aromatic N) is 1. The summed E-state index contributed by atoms with van der Waals surface area (Å²) in [5.41, 5.74) is 7.22. The second kappa shape index (κ2) is 6.60. The van der Waals surface area contributed by atoms with Gasteiger partial charge in [0, 0.05) is 23.5 Å². The lowest BCUT2D eigenvalue weighted by Crippen LogP contribution is -2.27. The van der Waals surface area contributed by atoms with Crippen LogP contribution in [0, 0.1) is 0 Å². The van der Waals surface area contributed by atoms with Gasteiger partial charge in [0.25, 0.3) is 0 Å². The number of hydrogen-bond acceptors (Lipinski definition) is 4. The third-order valence-electron chi connectivity index (χ3n) is 2.85. The number of aromatic nitrogens is 2. The molecule has 0 aliphatic rings. The third-order valence-corrected chi connectivity index (χ3v) is 2.85. The topological polar surface area (TPSA) is 93.0 Å². The van der Waals surface area contributed by atoms with Crippen molar-refractivity contribution in [1.82, 2.24) is 15.5 Å². The molecule has 0 fully saturated rings. The molecule has 1 aromatic carbocycles. The minimum Gasteiger partial charge on any atom is -0.493 e. The van der Waals surface area contributed by atoms with Gasteiger partial charge in [-0.1, -0.05) is 6.07 Å². The fraction of sp³-hybridized carbons (Fsp3) is 0.286. The highest BCUT2D eigenvalue weighted by Gasteiger charge is 2.10. The van der Waals surface area contributed by atoms with Gasteiger partial charge in [-0.05, 0) is 19.1 Å². The van der Waals surface area contributed by atoms with E-state index in [2.05, 4.69) is 15.5 Å². The Kier molecular flexibility index (Phi) is 4.60. The first-order valence-electron chi connectivity index (χ1n) is 6.41. The summed E-state index contributed by atoms with van der Waals surface area (Å²) in [6, 6.07) is 7.06. The number of H-pyrrole nitrogens is 1. The van der Waals surface area contributed by atoms with Crippen LogP contribution in [0.4, 0.5) is 5.69 Å². The van der Waals surface area contributed by atoms with Crippen molar-refractivity contribution < 1.29 is 9.53 Å². The largest absolute Gasteiger partial charge is 0.493 e. The van der Waals surface area contributed by atoms with E-state index >= 15 is 0 Å². The summed E-state index contributed by atoms with van der Waals surface area (Å²) in [6.45, 7) is 2.22. The number of ether oxygens (including phenoxy) is 1. The minimum atomic E-state index is -0.0754. The van der Waals surface area contributed by atoms with Crippen LogP contribution in [0.15, 0.2) is 36.7 Å². The molecule has 2 aromatic rings. The first-order chi connectivity index (χ1) is 9.65. The third kappa shape index (κ3) is 4.01. The molecule has 1 amide bonds. The maximum Gasteiger partial charge on any atom is 0.223 e. The van der Waals surface area contributed by atoms with E-state index in [1.165, 1.54) is 0 Å². The van der Waals surface area contributed by atoms with Crippen molar-refractivity contribution in [1.29, 1.82) is 0 Å². The first-order valence-corrected chi connectivity index (χ1v) is 6.41. The van der Waals surface area contributed by atoms with Gasteiger partial charge in [0.2, 0.25) is 5.91 Å². The van der Waals surface area contributed by atoms with E-state index in [0.717, 1.165) is 5.56 Å². The van der Waals surface area contributed by atoms with Gasteiger partial charge in [-0.15, -0.1) is 0 Å². The Labute approximate surface area is 117 Å². The zero-order chi connectivity index (χ0) is 14.4. The summed E-state index contributed by atoms with van der Waals surface area (Å²) in [6.07, 6.45) is 3.74. The Morgan fingerprint density at radius 1 is 1.55 bits per heavy atom. The number of hydrogen-bond donors (Lipinski definition) is 3. The van der Waals surface area contributed by atoms with E-state index in [4.69, 9.17) is 10.5 Å². The van der Waals surface area contributed by atoms with Crippen LogP contribution in [0.1, 0.15) is 24.9 Å².